The molecule has 0 heterocycles. The minimum absolute atomic E-state index is 0.980. The highest BCUT2D eigenvalue weighted by atomic mass is 14.3. The summed E-state index contributed by atoms with van der Waals surface area (Å²) >= 11 is 0. The molecule has 0 spiro atoms. The standard InChI is InChI=1S/C11H9N.C2H6/c12-8-10-6-3-5-9-4-1-2-7-11(9)10;1-2/h1-8,12H;1-2H3. The summed E-state index contributed by atoms with van der Waals surface area (Å²) in [6, 6.07) is 14.1. The lowest BCUT2D eigenvalue weighted by Gasteiger charge is -1.99. The van der Waals surface area contributed by atoms with E-state index in [0.29, 0.717) is 0 Å². The van der Waals surface area contributed by atoms with Gasteiger partial charge in [-0.15, -0.1) is 0 Å². The fourth-order valence-corrected chi connectivity index (χ4v) is 1.38. The molecule has 0 aromatic heterocycles. The van der Waals surface area contributed by atoms with Gasteiger partial charge in [0.2, 0.25) is 0 Å². The lowest BCUT2D eigenvalue weighted by molar-refractivity contribution is 1.50. The molecule has 0 saturated heterocycles. The van der Waals surface area contributed by atoms with Crippen LogP contribution < -0.4 is 0 Å². The van der Waals surface area contributed by atoms with Gasteiger partial charge >= 0.3 is 0 Å². The number of nitrogens with one attached hydrogen (secondary N) is 1. The van der Waals surface area contributed by atoms with E-state index in [4.69, 9.17) is 5.41 Å². The lowest BCUT2D eigenvalue weighted by atomic mass is 10.1. The number of fused-ring (bicyclic) bond motifs is 1. The Kier molecular flexibility index (Phi) is 3.86. The molecule has 0 unspecified atom stereocenters. The van der Waals surface area contributed by atoms with Crippen LogP contribution in [-0.2, 0) is 0 Å². The maximum Gasteiger partial charge on any atom is 0.0256 e. The minimum Gasteiger partial charge on any atom is -0.308 e. The second kappa shape index (κ2) is 5.18. The van der Waals surface area contributed by atoms with Crippen molar-refractivity contribution in [3.63, 3.8) is 0 Å². The zero-order chi connectivity index (χ0) is 10.4. The highest BCUT2D eigenvalue weighted by Gasteiger charge is 1.94. The summed E-state index contributed by atoms with van der Waals surface area (Å²) in [6.07, 6.45) is 1.39. The average Bonchev–Trinajstić information content (AvgIpc) is 2.31. The largest absolute Gasteiger partial charge is 0.308 e. The normalized spacial score (nSPS) is 9.00. The van der Waals surface area contributed by atoms with Crippen molar-refractivity contribution in [1.29, 1.82) is 5.41 Å². The van der Waals surface area contributed by atoms with E-state index in [1.807, 2.05) is 44.2 Å². The molecule has 2 aromatic rings. The van der Waals surface area contributed by atoms with Gasteiger partial charge in [0, 0.05) is 6.21 Å². The van der Waals surface area contributed by atoms with E-state index >= 15 is 0 Å². The number of benzene rings is 2. The maximum atomic E-state index is 7.20. The van der Waals surface area contributed by atoms with Crippen LogP contribution in [0.2, 0.25) is 0 Å². The fourth-order valence-electron chi connectivity index (χ4n) is 1.38. The van der Waals surface area contributed by atoms with Crippen molar-refractivity contribution in [3.8, 4) is 0 Å². The summed E-state index contributed by atoms with van der Waals surface area (Å²) < 4.78 is 0. The monoisotopic (exact) mass is 185 g/mol. The summed E-state index contributed by atoms with van der Waals surface area (Å²) in [5.74, 6) is 0. The Labute approximate surface area is 84.9 Å². The van der Waals surface area contributed by atoms with E-state index < -0.39 is 0 Å². The first-order valence-electron chi connectivity index (χ1n) is 4.90. The molecule has 0 bridgehead atoms. The van der Waals surface area contributed by atoms with Gasteiger partial charge in [0.05, 0.1) is 0 Å². The highest BCUT2D eigenvalue weighted by molar-refractivity contribution is 5.98. The summed E-state index contributed by atoms with van der Waals surface area (Å²) in [6.45, 7) is 4.00. The van der Waals surface area contributed by atoms with Gasteiger partial charge in [-0.2, -0.15) is 0 Å². The lowest BCUT2D eigenvalue weighted by Crippen LogP contribution is -1.81. The highest BCUT2D eigenvalue weighted by Crippen LogP contribution is 2.16. The Morgan fingerprint density at radius 2 is 1.57 bits per heavy atom. The van der Waals surface area contributed by atoms with Crippen LogP contribution in [0.1, 0.15) is 19.4 Å². The van der Waals surface area contributed by atoms with Gasteiger partial charge in [-0.25, -0.2) is 0 Å². The summed E-state index contributed by atoms with van der Waals surface area (Å²) in [7, 11) is 0. The van der Waals surface area contributed by atoms with Crippen LogP contribution in [0, 0.1) is 5.41 Å². The Balaban J connectivity index is 0.000000461. The quantitative estimate of drug-likeness (QED) is 0.652. The molecule has 0 amide bonds. The van der Waals surface area contributed by atoms with E-state index in [-0.39, 0.29) is 0 Å². The smallest absolute Gasteiger partial charge is 0.0256 e. The van der Waals surface area contributed by atoms with Gasteiger partial charge in [-0.3, -0.25) is 0 Å². The average molecular weight is 185 g/mol. The van der Waals surface area contributed by atoms with E-state index in [2.05, 4.69) is 12.1 Å². The third-order valence-electron chi connectivity index (χ3n) is 1.98. The van der Waals surface area contributed by atoms with Crippen molar-refractivity contribution in [1.82, 2.24) is 0 Å². The van der Waals surface area contributed by atoms with Crippen LogP contribution in [-0.4, -0.2) is 6.21 Å². The summed E-state index contributed by atoms with van der Waals surface area (Å²) in [4.78, 5) is 0. The molecule has 2 rings (SSSR count). The molecule has 0 aliphatic carbocycles. The first kappa shape index (κ1) is 10.5. The van der Waals surface area contributed by atoms with Gasteiger partial charge < -0.3 is 5.41 Å². The molecular formula is C13H15N. The molecule has 1 heteroatoms. The molecule has 0 aliphatic heterocycles. The number of hydrogen-bond donors (Lipinski definition) is 1. The van der Waals surface area contributed by atoms with Crippen LogP contribution in [0.15, 0.2) is 42.5 Å². The first-order chi connectivity index (χ1) is 6.92. The molecular weight excluding hydrogens is 170 g/mol. The Bertz CT molecular complexity index is 413. The van der Waals surface area contributed by atoms with Gasteiger partial charge in [-0.05, 0) is 16.3 Å². The predicted molar refractivity (Wildman–Crippen MR) is 63.2 cm³/mol. The Hall–Kier alpha value is -1.63. The van der Waals surface area contributed by atoms with Gasteiger partial charge in [0.25, 0.3) is 0 Å². The van der Waals surface area contributed by atoms with Crippen LogP contribution in [0.4, 0.5) is 0 Å². The molecule has 2 aromatic carbocycles. The van der Waals surface area contributed by atoms with Gasteiger partial charge in [0.1, 0.15) is 0 Å². The zero-order valence-corrected chi connectivity index (χ0v) is 8.62. The van der Waals surface area contributed by atoms with Crippen molar-refractivity contribution in [2.45, 2.75) is 13.8 Å². The third-order valence-corrected chi connectivity index (χ3v) is 1.98. The zero-order valence-electron chi connectivity index (χ0n) is 8.62. The van der Waals surface area contributed by atoms with E-state index in [1.165, 1.54) is 11.6 Å². The van der Waals surface area contributed by atoms with E-state index in [9.17, 15) is 0 Å². The van der Waals surface area contributed by atoms with Crippen molar-refractivity contribution < 1.29 is 0 Å². The third kappa shape index (κ3) is 1.99. The molecule has 72 valence electrons. The van der Waals surface area contributed by atoms with Crippen LogP contribution in [0.5, 0.6) is 0 Å². The fraction of sp³-hybridized carbons (Fsp3) is 0.154. The molecule has 1 N–H and O–H groups in total. The molecule has 0 saturated carbocycles. The second-order valence-corrected chi connectivity index (χ2v) is 2.71. The van der Waals surface area contributed by atoms with Crippen LogP contribution in [0.25, 0.3) is 10.8 Å². The molecule has 14 heavy (non-hydrogen) atoms. The topological polar surface area (TPSA) is 23.9 Å². The number of rotatable bonds is 1. The molecule has 0 atom stereocenters. The molecule has 0 aliphatic rings. The predicted octanol–water partition coefficient (Wildman–Crippen LogP) is 3.86. The maximum absolute atomic E-state index is 7.20. The van der Waals surface area contributed by atoms with E-state index in [1.54, 1.807) is 0 Å². The van der Waals surface area contributed by atoms with E-state index in [0.717, 1.165) is 10.9 Å². The summed E-state index contributed by atoms with van der Waals surface area (Å²) in [5, 5.41) is 9.54. The second-order valence-electron chi connectivity index (χ2n) is 2.71. The molecule has 0 fully saturated rings. The molecule has 0 radical (unpaired) electrons. The molecule has 1 nitrogen and oxygen atoms in total. The van der Waals surface area contributed by atoms with Crippen molar-refractivity contribution in [2.75, 3.05) is 0 Å². The SMILES string of the molecule is CC.N=Cc1cccc2ccccc12. The van der Waals surface area contributed by atoms with Crippen molar-refractivity contribution in [2.24, 2.45) is 0 Å². The Morgan fingerprint density at radius 3 is 2.29 bits per heavy atom. The first-order valence-corrected chi connectivity index (χ1v) is 4.90. The van der Waals surface area contributed by atoms with Crippen molar-refractivity contribution in [3.05, 3.63) is 48.0 Å². The van der Waals surface area contributed by atoms with Crippen LogP contribution in [0.3, 0.4) is 0 Å². The van der Waals surface area contributed by atoms with Gasteiger partial charge in [-0.1, -0.05) is 56.3 Å². The Morgan fingerprint density at radius 1 is 0.929 bits per heavy atom. The van der Waals surface area contributed by atoms with Crippen LogP contribution >= 0.6 is 0 Å². The van der Waals surface area contributed by atoms with Gasteiger partial charge in [0.15, 0.2) is 0 Å². The summed E-state index contributed by atoms with van der Waals surface area (Å²) in [5.41, 5.74) is 0.980. The van der Waals surface area contributed by atoms with Crippen molar-refractivity contribution >= 4 is 17.0 Å². The minimum atomic E-state index is 0.980. The number of hydrogen-bond acceptors (Lipinski definition) is 1.